The maximum atomic E-state index is 9.26. The van der Waals surface area contributed by atoms with Gasteiger partial charge >= 0.3 is 0 Å². The third-order valence-corrected chi connectivity index (χ3v) is 5.60. The summed E-state index contributed by atoms with van der Waals surface area (Å²) in [6.45, 7) is 2.20. The Kier molecular flexibility index (Phi) is 22.9. The molecule has 2 N–H and O–H groups in total. The standard InChI is InChI=1S/C24H50O2/c1-2-3-4-5-6-7-8-9-10-11-12-13-14-15-16-17-18-19-20-21-22-24(26)23-25/h24-26H,2-23H2,1H3/t24-/m0/s1. The normalized spacial score (nSPS) is 12.6. The van der Waals surface area contributed by atoms with E-state index in [0.29, 0.717) is 0 Å². The second kappa shape index (κ2) is 23.0. The summed E-state index contributed by atoms with van der Waals surface area (Å²) in [6.07, 6.45) is 28.1. The third-order valence-electron chi connectivity index (χ3n) is 5.60. The monoisotopic (exact) mass is 370 g/mol. The fraction of sp³-hybridized carbons (Fsp3) is 1.00. The highest BCUT2D eigenvalue weighted by molar-refractivity contribution is 4.54. The van der Waals surface area contributed by atoms with Crippen LogP contribution in [0.15, 0.2) is 0 Å². The lowest BCUT2D eigenvalue weighted by molar-refractivity contribution is 0.0860. The molecular weight excluding hydrogens is 320 g/mol. The van der Waals surface area contributed by atoms with Gasteiger partial charge in [0.05, 0.1) is 12.7 Å². The molecule has 0 amide bonds. The number of aliphatic hydroxyl groups excluding tert-OH is 2. The molecule has 0 heterocycles. The zero-order chi connectivity index (χ0) is 19.1. The van der Waals surface area contributed by atoms with Crippen molar-refractivity contribution in [1.29, 1.82) is 0 Å². The van der Waals surface area contributed by atoms with E-state index in [1.807, 2.05) is 0 Å². The second-order valence-corrected chi connectivity index (χ2v) is 8.34. The Hall–Kier alpha value is -0.0800. The second-order valence-electron chi connectivity index (χ2n) is 8.34. The summed E-state index contributed by atoms with van der Waals surface area (Å²) >= 11 is 0. The Balaban J connectivity index is 2.99. The van der Waals surface area contributed by atoms with Gasteiger partial charge in [0.15, 0.2) is 0 Å². The fourth-order valence-electron chi connectivity index (χ4n) is 3.73. The smallest absolute Gasteiger partial charge is 0.0770 e. The van der Waals surface area contributed by atoms with Crippen LogP contribution in [0.2, 0.25) is 0 Å². The number of hydrogen-bond donors (Lipinski definition) is 2. The first-order valence-electron chi connectivity index (χ1n) is 12.1. The quantitative estimate of drug-likeness (QED) is 0.193. The molecule has 0 aliphatic rings. The Morgan fingerprint density at radius 1 is 0.462 bits per heavy atom. The SMILES string of the molecule is CCCCCCCCCCCCCCCCCCCCCC[C@H](O)CO. The minimum Gasteiger partial charge on any atom is -0.394 e. The third kappa shape index (κ3) is 22.0. The van der Waals surface area contributed by atoms with Crippen molar-refractivity contribution in [3.63, 3.8) is 0 Å². The molecule has 0 bridgehead atoms. The molecule has 0 radical (unpaired) electrons. The van der Waals surface area contributed by atoms with Crippen LogP contribution in [0.25, 0.3) is 0 Å². The predicted molar refractivity (Wildman–Crippen MR) is 116 cm³/mol. The van der Waals surface area contributed by atoms with Crippen LogP contribution in [0, 0.1) is 0 Å². The molecule has 2 heteroatoms. The minimum atomic E-state index is -0.495. The van der Waals surface area contributed by atoms with Gasteiger partial charge in [0, 0.05) is 0 Å². The summed E-state index contributed by atoms with van der Waals surface area (Å²) in [5.41, 5.74) is 0. The number of unbranched alkanes of at least 4 members (excludes halogenated alkanes) is 19. The lowest BCUT2D eigenvalue weighted by atomic mass is 10.0. The van der Waals surface area contributed by atoms with E-state index in [0.717, 1.165) is 12.8 Å². The average Bonchev–Trinajstić information content (AvgIpc) is 2.66. The maximum absolute atomic E-state index is 9.26. The van der Waals surface area contributed by atoms with Crippen LogP contribution >= 0.6 is 0 Å². The van der Waals surface area contributed by atoms with Crippen molar-refractivity contribution < 1.29 is 10.2 Å². The van der Waals surface area contributed by atoms with Crippen molar-refractivity contribution in [3.8, 4) is 0 Å². The summed E-state index contributed by atoms with van der Waals surface area (Å²) in [7, 11) is 0. The van der Waals surface area contributed by atoms with Gasteiger partial charge in [-0.2, -0.15) is 0 Å². The van der Waals surface area contributed by atoms with E-state index >= 15 is 0 Å². The molecule has 0 fully saturated rings. The van der Waals surface area contributed by atoms with Gasteiger partial charge in [-0.15, -0.1) is 0 Å². The van der Waals surface area contributed by atoms with Crippen molar-refractivity contribution in [1.82, 2.24) is 0 Å². The highest BCUT2D eigenvalue weighted by Gasteiger charge is 2.00. The zero-order valence-corrected chi connectivity index (χ0v) is 18.0. The number of aliphatic hydroxyl groups is 2. The van der Waals surface area contributed by atoms with Crippen molar-refractivity contribution in [3.05, 3.63) is 0 Å². The van der Waals surface area contributed by atoms with Gasteiger partial charge < -0.3 is 10.2 Å². The topological polar surface area (TPSA) is 40.5 Å². The molecule has 0 unspecified atom stereocenters. The van der Waals surface area contributed by atoms with E-state index in [2.05, 4.69) is 6.92 Å². The Morgan fingerprint density at radius 3 is 1.00 bits per heavy atom. The van der Waals surface area contributed by atoms with Gasteiger partial charge in [0.25, 0.3) is 0 Å². The van der Waals surface area contributed by atoms with E-state index in [4.69, 9.17) is 5.11 Å². The fourth-order valence-corrected chi connectivity index (χ4v) is 3.73. The first-order chi connectivity index (χ1) is 12.8. The first kappa shape index (κ1) is 25.9. The van der Waals surface area contributed by atoms with Crippen LogP contribution in [0.1, 0.15) is 142 Å². The van der Waals surface area contributed by atoms with Crippen molar-refractivity contribution in [2.24, 2.45) is 0 Å². The van der Waals surface area contributed by atoms with Gasteiger partial charge in [-0.3, -0.25) is 0 Å². The Labute approximate surface area is 165 Å². The van der Waals surface area contributed by atoms with Crippen LogP contribution in [-0.2, 0) is 0 Å². The molecule has 0 aromatic heterocycles. The summed E-state index contributed by atoms with van der Waals surface area (Å²) < 4.78 is 0. The maximum Gasteiger partial charge on any atom is 0.0770 e. The molecule has 2 nitrogen and oxygen atoms in total. The largest absolute Gasteiger partial charge is 0.394 e. The summed E-state index contributed by atoms with van der Waals surface area (Å²) in [6, 6.07) is 0. The van der Waals surface area contributed by atoms with Crippen LogP contribution in [0.4, 0.5) is 0 Å². The molecule has 0 saturated carbocycles. The van der Waals surface area contributed by atoms with Crippen molar-refractivity contribution >= 4 is 0 Å². The molecule has 0 rings (SSSR count). The highest BCUT2D eigenvalue weighted by atomic mass is 16.3. The number of rotatable bonds is 22. The summed E-state index contributed by atoms with van der Waals surface area (Å²) in [4.78, 5) is 0. The lowest BCUT2D eigenvalue weighted by Crippen LogP contribution is -2.10. The van der Waals surface area contributed by atoms with Gasteiger partial charge in [-0.1, -0.05) is 135 Å². The van der Waals surface area contributed by atoms with Gasteiger partial charge in [0.1, 0.15) is 0 Å². The van der Waals surface area contributed by atoms with Gasteiger partial charge in [-0.05, 0) is 6.42 Å². The molecular formula is C24H50O2. The lowest BCUT2D eigenvalue weighted by Gasteiger charge is -2.06. The van der Waals surface area contributed by atoms with Crippen LogP contribution in [-0.4, -0.2) is 22.9 Å². The van der Waals surface area contributed by atoms with E-state index in [9.17, 15) is 5.11 Å². The summed E-state index contributed by atoms with van der Waals surface area (Å²) in [5, 5.41) is 18.0. The Bertz CT molecular complexity index is 242. The first-order valence-corrected chi connectivity index (χ1v) is 12.1. The van der Waals surface area contributed by atoms with E-state index in [1.54, 1.807) is 0 Å². The van der Waals surface area contributed by atoms with Crippen LogP contribution < -0.4 is 0 Å². The molecule has 0 saturated heterocycles. The van der Waals surface area contributed by atoms with Gasteiger partial charge in [0.2, 0.25) is 0 Å². The van der Waals surface area contributed by atoms with Crippen LogP contribution in [0.5, 0.6) is 0 Å². The van der Waals surface area contributed by atoms with E-state index in [-0.39, 0.29) is 6.61 Å². The average molecular weight is 371 g/mol. The molecule has 26 heavy (non-hydrogen) atoms. The number of hydrogen-bond acceptors (Lipinski definition) is 2. The molecule has 0 aromatic rings. The molecule has 0 aromatic carbocycles. The van der Waals surface area contributed by atoms with Crippen molar-refractivity contribution in [2.45, 2.75) is 148 Å². The zero-order valence-electron chi connectivity index (χ0n) is 18.0. The van der Waals surface area contributed by atoms with Crippen LogP contribution in [0.3, 0.4) is 0 Å². The van der Waals surface area contributed by atoms with Crippen molar-refractivity contribution in [2.75, 3.05) is 6.61 Å². The minimum absolute atomic E-state index is 0.0842. The molecule has 158 valence electrons. The Morgan fingerprint density at radius 2 is 0.731 bits per heavy atom. The van der Waals surface area contributed by atoms with Gasteiger partial charge in [-0.25, -0.2) is 0 Å². The molecule has 0 spiro atoms. The molecule has 1 atom stereocenters. The molecule has 0 aliphatic heterocycles. The summed E-state index contributed by atoms with van der Waals surface area (Å²) in [5.74, 6) is 0. The predicted octanol–water partition coefficient (Wildman–Crippen LogP) is 7.55. The van der Waals surface area contributed by atoms with E-state index < -0.39 is 6.10 Å². The highest BCUT2D eigenvalue weighted by Crippen LogP contribution is 2.15. The van der Waals surface area contributed by atoms with E-state index in [1.165, 1.54) is 122 Å². The molecule has 0 aliphatic carbocycles.